The number of nitrogens with one attached hydrogen (secondary N) is 4. The maximum Gasteiger partial charge on any atom is 0.138 e. The number of rotatable bonds is 4. The average molecular weight is 491 g/mol. The van der Waals surface area contributed by atoms with Crippen LogP contribution in [-0.4, -0.2) is 33.0 Å². The zero-order chi connectivity index (χ0) is 24.3. The number of aromatic amines is 2. The second kappa shape index (κ2) is 8.43. The van der Waals surface area contributed by atoms with Crippen LogP contribution < -0.4 is 10.6 Å². The Morgan fingerprint density at radius 3 is 2.11 bits per heavy atom. The summed E-state index contributed by atoms with van der Waals surface area (Å²) < 4.78 is 6.45. The maximum absolute atomic E-state index is 6.45. The second-order valence-corrected chi connectivity index (χ2v) is 10.7. The highest BCUT2D eigenvalue weighted by Crippen LogP contribution is 2.42. The van der Waals surface area contributed by atoms with Gasteiger partial charge in [-0.25, -0.2) is 9.97 Å². The number of hydrogen-bond acceptors (Lipinski definition) is 5. The normalized spacial score (nSPS) is 21.0. The molecule has 2 aromatic carbocycles. The van der Waals surface area contributed by atoms with E-state index in [4.69, 9.17) is 4.42 Å². The molecule has 2 aliphatic heterocycles. The topological polar surface area (TPSA) is 94.6 Å². The van der Waals surface area contributed by atoms with Crippen molar-refractivity contribution in [2.24, 2.45) is 0 Å². The lowest BCUT2D eigenvalue weighted by Gasteiger charge is -2.16. The van der Waals surface area contributed by atoms with Crippen LogP contribution in [0.4, 0.5) is 0 Å². The van der Waals surface area contributed by atoms with Gasteiger partial charge in [0, 0.05) is 22.1 Å². The molecule has 0 bridgehead atoms. The fourth-order valence-corrected chi connectivity index (χ4v) is 6.39. The zero-order valence-electron chi connectivity index (χ0n) is 20.7. The van der Waals surface area contributed by atoms with Gasteiger partial charge in [-0.15, -0.1) is 0 Å². The molecule has 4 N–H and O–H groups in total. The van der Waals surface area contributed by atoms with Crippen molar-refractivity contribution in [3.63, 3.8) is 0 Å². The van der Waals surface area contributed by atoms with Crippen molar-refractivity contribution in [1.29, 1.82) is 0 Å². The molecule has 0 radical (unpaired) electrons. The number of aromatic nitrogens is 4. The minimum absolute atomic E-state index is 0.341. The Labute approximate surface area is 215 Å². The molecule has 5 aromatic rings. The number of hydrogen-bond donors (Lipinski definition) is 4. The first kappa shape index (κ1) is 21.4. The zero-order valence-corrected chi connectivity index (χ0v) is 20.7. The molecule has 0 spiro atoms. The molecule has 5 heterocycles. The second-order valence-electron chi connectivity index (χ2n) is 10.7. The summed E-state index contributed by atoms with van der Waals surface area (Å²) in [7, 11) is 0. The Morgan fingerprint density at radius 2 is 1.43 bits per heavy atom. The summed E-state index contributed by atoms with van der Waals surface area (Å²) in [6.07, 6.45) is 10.6. The molecular formula is C30H30N6O. The lowest BCUT2D eigenvalue weighted by atomic mass is 9.88. The number of H-pyrrole nitrogens is 2. The van der Waals surface area contributed by atoms with E-state index < -0.39 is 0 Å². The monoisotopic (exact) mass is 490 g/mol. The lowest BCUT2D eigenvalue weighted by Crippen LogP contribution is -2.14. The summed E-state index contributed by atoms with van der Waals surface area (Å²) in [4.78, 5) is 16.4. The maximum atomic E-state index is 6.45. The molecule has 8 rings (SSSR count). The molecule has 7 nitrogen and oxygen atoms in total. The lowest BCUT2D eigenvalue weighted by molar-refractivity contribution is 0.613. The van der Waals surface area contributed by atoms with Crippen LogP contribution in [0.5, 0.6) is 0 Å². The van der Waals surface area contributed by atoms with E-state index in [1.54, 1.807) is 0 Å². The number of aryl methyl sites for hydroxylation is 2. The highest BCUT2D eigenvalue weighted by Gasteiger charge is 2.25. The third-order valence-electron chi connectivity index (χ3n) is 8.38. The number of benzene rings is 2. The molecule has 3 aliphatic rings. The van der Waals surface area contributed by atoms with Crippen molar-refractivity contribution in [1.82, 2.24) is 30.6 Å². The molecule has 2 saturated heterocycles. The number of fused-ring (bicyclic) bond motifs is 5. The SMILES string of the molecule is c1cc2oc3c(c2cc1-c1cnc(C2CCCN2)[nH]1)CCc1cc(-c2cnc([C@@H]4CCCN4)[nH]2)ccc1-3. The minimum atomic E-state index is 0.341. The molecule has 7 heteroatoms. The van der Waals surface area contributed by atoms with Crippen LogP contribution in [-0.2, 0) is 12.8 Å². The fraction of sp³-hybridized carbons (Fsp3) is 0.333. The van der Waals surface area contributed by atoms with Crippen LogP contribution in [0.2, 0.25) is 0 Å². The van der Waals surface area contributed by atoms with E-state index in [1.165, 1.54) is 40.5 Å². The van der Waals surface area contributed by atoms with Crippen molar-refractivity contribution in [3.05, 3.63) is 71.6 Å². The predicted octanol–water partition coefficient (Wildman–Crippen LogP) is 5.83. The summed E-state index contributed by atoms with van der Waals surface area (Å²) in [5, 5.41) is 8.26. The largest absolute Gasteiger partial charge is 0.456 e. The summed E-state index contributed by atoms with van der Waals surface area (Å²) in [6, 6.07) is 13.9. The van der Waals surface area contributed by atoms with E-state index in [2.05, 4.69) is 67.0 Å². The van der Waals surface area contributed by atoms with Crippen LogP contribution >= 0.6 is 0 Å². The van der Waals surface area contributed by atoms with Gasteiger partial charge >= 0.3 is 0 Å². The molecular weight excluding hydrogens is 460 g/mol. The average Bonchev–Trinajstić information content (AvgIpc) is 3.76. The Balaban J connectivity index is 1.12. The Kier molecular flexibility index (Phi) is 4.88. The van der Waals surface area contributed by atoms with Crippen molar-refractivity contribution < 1.29 is 4.42 Å². The Bertz CT molecular complexity index is 1610. The molecule has 2 atom stereocenters. The van der Waals surface area contributed by atoms with Crippen LogP contribution in [0.25, 0.3) is 44.8 Å². The summed E-state index contributed by atoms with van der Waals surface area (Å²) in [5.41, 5.74) is 9.28. The van der Waals surface area contributed by atoms with Gasteiger partial charge in [-0.2, -0.15) is 0 Å². The predicted molar refractivity (Wildman–Crippen MR) is 144 cm³/mol. The molecule has 3 aromatic heterocycles. The third-order valence-corrected chi connectivity index (χ3v) is 8.38. The van der Waals surface area contributed by atoms with E-state index in [1.807, 2.05) is 12.4 Å². The first-order chi connectivity index (χ1) is 18.3. The summed E-state index contributed by atoms with van der Waals surface area (Å²) >= 11 is 0. The van der Waals surface area contributed by atoms with E-state index in [9.17, 15) is 0 Å². The molecule has 186 valence electrons. The van der Waals surface area contributed by atoms with E-state index in [0.29, 0.717) is 12.1 Å². The summed E-state index contributed by atoms with van der Waals surface area (Å²) in [6.45, 7) is 2.14. The van der Waals surface area contributed by atoms with Crippen molar-refractivity contribution in [3.8, 4) is 33.8 Å². The van der Waals surface area contributed by atoms with E-state index >= 15 is 0 Å². The van der Waals surface area contributed by atoms with Crippen molar-refractivity contribution in [2.45, 2.75) is 50.6 Å². The fourth-order valence-electron chi connectivity index (χ4n) is 6.39. The number of nitrogens with zero attached hydrogens (tertiary/aromatic N) is 2. The Morgan fingerprint density at radius 1 is 0.757 bits per heavy atom. The number of imidazole rings is 2. The Hall–Kier alpha value is -3.68. The van der Waals surface area contributed by atoms with Crippen molar-refractivity contribution >= 4 is 11.0 Å². The highest BCUT2D eigenvalue weighted by atomic mass is 16.3. The van der Waals surface area contributed by atoms with Crippen molar-refractivity contribution in [2.75, 3.05) is 13.1 Å². The van der Waals surface area contributed by atoms with Crippen LogP contribution in [0.1, 0.15) is 60.5 Å². The van der Waals surface area contributed by atoms with Gasteiger partial charge in [0.25, 0.3) is 0 Å². The molecule has 2 fully saturated rings. The highest BCUT2D eigenvalue weighted by molar-refractivity contribution is 5.92. The minimum Gasteiger partial charge on any atom is -0.456 e. The van der Waals surface area contributed by atoms with Gasteiger partial charge in [0.2, 0.25) is 0 Å². The van der Waals surface area contributed by atoms with Crippen LogP contribution in [0, 0.1) is 0 Å². The van der Waals surface area contributed by atoms with Gasteiger partial charge in [0.1, 0.15) is 23.0 Å². The first-order valence-electron chi connectivity index (χ1n) is 13.6. The van der Waals surface area contributed by atoms with Gasteiger partial charge in [-0.05, 0) is 87.0 Å². The third kappa shape index (κ3) is 3.56. The van der Waals surface area contributed by atoms with Gasteiger partial charge in [-0.1, -0.05) is 12.1 Å². The van der Waals surface area contributed by atoms with E-state index in [-0.39, 0.29) is 0 Å². The van der Waals surface area contributed by atoms with Gasteiger partial charge in [-0.3, -0.25) is 0 Å². The summed E-state index contributed by atoms with van der Waals surface area (Å²) in [5.74, 6) is 3.10. The molecule has 1 unspecified atom stereocenters. The van der Waals surface area contributed by atoms with Gasteiger partial charge < -0.3 is 25.0 Å². The molecule has 0 amide bonds. The van der Waals surface area contributed by atoms with Crippen LogP contribution in [0.3, 0.4) is 0 Å². The van der Waals surface area contributed by atoms with Crippen LogP contribution in [0.15, 0.2) is 53.2 Å². The molecule has 1 aliphatic carbocycles. The van der Waals surface area contributed by atoms with E-state index in [0.717, 1.165) is 78.7 Å². The number of furan rings is 1. The quantitative estimate of drug-likeness (QED) is 0.254. The molecule has 0 saturated carbocycles. The first-order valence-corrected chi connectivity index (χ1v) is 13.6. The standard InChI is InChI=1S/C30H30N6O/c1-3-23(31-11-1)29-33-15-25(35-29)18-6-8-20-17(13-18)5-9-21-22-14-19(7-10-27(22)37-28(20)21)26-16-34-30(36-26)24-4-2-12-32-24/h6-8,10,13-16,23-24,31-32H,1-5,9,11-12H2,(H,33,35)(H,34,36)/t23-,24?/m0/s1. The smallest absolute Gasteiger partial charge is 0.138 e. The van der Waals surface area contributed by atoms with Gasteiger partial charge in [0.15, 0.2) is 0 Å². The molecule has 37 heavy (non-hydrogen) atoms. The van der Waals surface area contributed by atoms with Gasteiger partial charge in [0.05, 0.1) is 35.9 Å².